The number of hydrogen-bond donors (Lipinski definition) is 1. The first kappa shape index (κ1) is 23.5. The third-order valence-electron chi connectivity index (χ3n) is 8.39. The van der Waals surface area contributed by atoms with Gasteiger partial charge in [0.05, 0.1) is 17.7 Å². The molecule has 6 rings (SSSR count). The lowest BCUT2D eigenvalue weighted by Crippen LogP contribution is -2.61. The number of piperidine rings is 1. The van der Waals surface area contributed by atoms with E-state index in [2.05, 4.69) is 0 Å². The topological polar surface area (TPSA) is 98.2 Å². The van der Waals surface area contributed by atoms with Gasteiger partial charge in [0.1, 0.15) is 29.8 Å². The molecule has 1 aromatic carbocycles. The number of carbonyl (C=O) groups is 4. The van der Waals surface area contributed by atoms with Gasteiger partial charge in [-0.15, -0.1) is 0 Å². The van der Waals surface area contributed by atoms with Crippen LogP contribution in [0.4, 0.5) is 8.78 Å². The first-order valence-corrected chi connectivity index (χ1v) is 12.5. The lowest BCUT2D eigenvalue weighted by atomic mass is 9.81. The van der Waals surface area contributed by atoms with Gasteiger partial charge in [-0.3, -0.25) is 24.1 Å². The summed E-state index contributed by atoms with van der Waals surface area (Å²) >= 11 is 5.86. The molecule has 1 N–H and O–H groups in total. The van der Waals surface area contributed by atoms with Crippen molar-refractivity contribution < 1.29 is 33.1 Å². The minimum absolute atomic E-state index is 0.0426. The molecule has 4 fully saturated rings. The van der Waals surface area contributed by atoms with Gasteiger partial charge >= 0.3 is 0 Å². The van der Waals surface area contributed by atoms with E-state index >= 15 is 0 Å². The van der Waals surface area contributed by atoms with Crippen molar-refractivity contribution in [2.24, 2.45) is 17.8 Å². The molecule has 0 bridgehead atoms. The summed E-state index contributed by atoms with van der Waals surface area (Å²) < 4.78 is 26.8. The number of Topliss-reactive ketones (excluding diaryl/α,β-unsaturated/α-hetero) is 1. The number of halogens is 3. The molecule has 3 aliphatic heterocycles. The van der Waals surface area contributed by atoms with Crippen LogP contribution in [0.15, 0.2) is 29.5 Å². The Balaban J connectivity index is 1.38. The number of aliphatic hydroxyl groups is 1. The van der Waals surface area contributed by atoms with Crippen LogP contribution in [0.25, 0.3) is 0 Å². The number of benzene rings is 1. The maximum absolute atomic E-state index is 13.7. The second kappa shape index (κ2) is 8.08. The van der Waals surface area contributed by atoms with Gasteiger partial charge in [0.25, 0.3) is 11.8 Å². The van der Waals surface area contributed by atoms with Crippen LogP contribution in [0.3, 0.4) is 0 Å². The summed E-state index contributed by atoms with van der Waals surface area (Å²) in [5, 5.41) is 9.98. The molecule has 8 nitrogen and oxygen atoms in total. The Kier molecular flexibility index (Phi) is 5.28. The van der Waals surface area contributed by atoms with Crippen LogP contribution in [-0.4, -0.2) is 74.8 Å². The van der Waals surface area contributed by atoms with Gasteiger partial charge in [-0.2, -0.15) is 0 Å². The van der Waals surface area contributed by atoms with Crippen molar-refractivity contribution in [2.75, 3.05) is 19.8 Å². The monoisotopic (exact) mass is 519 g/mol. The Hall–Kier alpha value is -2.85. The molecule has 0 radical (unpaired) electrons. The van der Waals surface area contributed by atoms with Crippen LogP contribution in [0, 0.1) is 23.6 Å². The average molecular weight is 520 g/mol. The van der Waals surface area contributed by atoms with Gasteiger partial charge in [-0.05, 0) is 54.9 Å². The summed E-state index contributed by atoms with van der Waals surface area (Å²) in [6.07, 6.45) is 0.775. The fraction of sp³-hybridized carbons (Fsp3) is 0.520. The van der Waals surface area contributed by atoms with E-state index in [0.29, 0.717) is 23.5 Å². The van der Waals surface area contributed by atoms with E-state index in [0.717, 1.165) is 12.8 Å². The number of hydrogen-bond acceptors (Lipinski definition) is 5. The number of alkyl halides is 1. The van der Waals surface area contributed by atoms with Crippen molar-refractivity contribution >= 4 is 35.1 Å². The fourth-order valence-electron chi connectivity index (χ4n) is 6.72. The first-order chi connectivity index (χ1) is 17.2. The molecule has 3 amide bonds. The summed E-state index contributed by atoms with van der Waals surface area (Å²) in [6.45, 7) is -1.07. The molecule has 2 aliphatic carbocycles. The van der Waals surface area contributed by atoms with Crippen molar-refractivity contribution in [3.8, 4) is 0 Å². The van der Waals surface area contributed by atoms with Gasteiger partial charge in [0.2, 0.25) is 11.7 Å². The molecule has 11 heteroatoms. The van der Waals surface area contributed by atoms with E-state index in [4.69, 9.17) is 11.6 Å². The highest BCUT2D eigenvalue weighted by atomic mass is 35.5. The van der Waals surface area contributed by atoms with E-state index in [9.17, 15) is 33.1 Å². The van der Waals surface area contributed by atoms with E-state index in [1.54, 1.807) is 0 Å². The highest BCUT2D eigenvalue weighted by Crippen LogP contribution is 2.64. The maximum atomic E-state index is 13.7. The summed E-state index contributed by atoms with van der Waals surface area (Å²) in [5.41, 5.74) is -0.178. The van der Waals surface area contributed by atoms with Crippen molar-refractivity contribution in [3.05, 3.63) is 45.9 Å². The Morgan fingerprint density at radius 3 is 2.61 bits per heavy atom. The molecule has 5 atom stereocenters. The number of amides is 3. The molecular weight excluding hydrogens is 496 g/mol. The Morgan fingerprint density at radius 1 is 1.19 bits per heavy atom. The zero-order valence-corrected chi connectivity index (χ0v) is 20.0. The van der Waals surface area contributed by atoms with Crippen LogP contribution >= 0.6 is 11.6 Å². The Morgan fingerprint density at radius 2 is 1.97 bits per heavy atom. The SMILES string of the molecule is O=C1C(=O)N2C(=C3CCN(Cc4ccc(F)c(Cl)c4)C(=O)C13)C(=O)N(CC(O)CF)[C@]21CC[C@H]2C[C@H]21. The minimum atomic E-state index is -1.41. The molecule has 5 aliphatic rings. The molecule has 2 saturated heterocycles. The maximum Gasteiger partial charge on any atom is 0.297 e. The van der Waals surface area contributed by atoms with Crippen LogP contribution in [0.1, 0.15) is 31.2 Å². The molecule has 0 aromatic heterocycles. The first-order valence-electron chi connectivity index (χ1n) is 12.1. The predicted octanol–water partition coefficient (Wildman–Crippen LogP) is 1.79. The fourth-order valence-corrected chi connectivity index (χ4v) is 6.92. The van der Waals surface area contributed by atoms with E-state index in [1.165, 1.54) is 32.9 Å². The zero-order valence-electron chi connectivity index (χ0n) is 19.3. The van der Waals surface area contributed by atoms with Gasteiger partial charge in [0, 0.05) is 19.0 Å². The number of nitrogens with zero attached hydrogens (tertiary/aromatic N) is 3. The van der Waals surface area contributed by atoms with E-state index < -0.39 is 53.7 Å². The van der Waals surface area contributed by atoms with E-state index in [1.807, 2.05) is 0 Å². The smallest absolute Gasteiger partial charge is 0.297 e. The molecule has 2 saturated carbocycles. The number of β-amino-alcohol motifs (C(OH)–C–C–N with tert-alkyl or cyclic N) is 1. The largest absolute Gasteiger partial charge is 0.389 e. The van der Waals surface area contributed by atoms with Crippen molar-refractivity contribution in [1.29, 1.82) is 0 Å². The predicted molar refractivity (Wildman–Crippen MR) is 121 cm³/mol. The number of fused-ring (bicyclic) bond motifs is 5. The average Bonchev–Trinajstić information content (AvgIpc) is 3.50. The molecule has 1 spiro atoms. The van der Waals surface area contributed by atoms with Crippen molar-refractivity contribution in [1.82, 2.24) is 14.7 Å². The zero-order chi connectivity index (χ0) is 25.5. The summed E-state index contributed by atoms with van der Waals surface area (Å²) in [6, 6.07) is 4.08. The van der Waals surface area contributed by atoms with Crippen molar-refractivity contribution in [2.45, 2.75) is 44.0 Å². The number of likely N-dealkylation sites (tertiary alicyclic amines) is 1. The van der Waals surface area contributed by atoms with Crippen molar-refractivity contribution in [3.63, 3.8) is 0 Å². The number of ketones is 1. The third-order valence-corrected chi connectivity index (χ3v) is 8.68. The number of aliphatic hydroxyl groups excluding tert-OH is 1. The second-order valence-electron chi connectivity index (χ2n) is 10.3. The lowest BCUT2D eigenvalue weighted by molar-refractivity contribution is -0.158. The summed E-state index contributed by atoms with van der Waals surface area (Å²) in [7, 11) is 0. The molecule has 36 heavy (non-hydrogen) atoms. The second-order valence-corrected chi connectivity index (χ2v) is 10.7. The quantitative estimate of drug-likeness (QED) is 0.472. The molecule has 2 unspecified atom stereocenters. The number of carbonyl (C=O) groups excluding carboxylic acids is 4. The normalized spacial score (nSPS) is 31.9. The highest BCUT2D eigenvalue weighted by molar-refractivity contribution is 6.44. The summed E-state index contributed by atoms with van der Waals surface area (Å²) in [5.74, 6) is -4.66. The molecule has 190 valence electrons. The van der Waals surface area contributed by atoms with Crippen LogP contribution in [0.2, 0.25) is 5.02 Å². The molecule has 1 aromatic rings. The minimum Gasteiger partial charge on any atom is -0.389 e. The van der Waals surface area contributed by atoms with Crippen LogP contribution < -0.4 is 0 Å². The van der Waals surface area contributed by atoms with Crippen LogP contribution in [0.5, 0.6) is 0 Å². The highest BCUT2D eigenvalue weighted by Gasteiger charge is 2.72. The Bertz CT molecular complexity index is 1250. The Labute approximate surface area is 210 Å². The summed E-state index contributed by atoms with van der Waals surface area (Å²) in [4.78, 5) is 58.1. The lowest BCUT2D eigenvalue weighted by Gasteiger charge is -2.45. The third kappa shape index (κ3) is 3.13. The van der Waals surface area contributed by atoms with Gasteiger partial charge in [0.15, 0.2) is 0 Å². The van der Waals surface area contributed by atoms with Gasteiger partial charge in [-0.1, -0.05) is 17.7 Å². The standard InChI is InChI=1S/C25H24ClF2N3O5/c26-17-7-12(1-2-18(17)28)10-29-6-4-15-19(22(29)34)21(33)24(36)31-20(15)23(35)30(11-14(32)9-27)25(31)5-3-13-8-16(13)25/h1-2,7,13-14,16,19,32H,3-6,8-11H2/t13-,14?,16+,19?,25+/m0/s1. The molecule has 3 heterocycles. The van der Waals surface area contributed by atoms with E-state index in [-0.39, 0.29) is 42.7 Å². The number of rotatable bonds is 5. The van der Waals surface area contributed by atoms with Gasteiger partial charge < -0.3 is 14.9 Å². The van der Waals surface area contributed by atoms with Gasteiger partial charge in [-0.25, -0.2) is 8.78 Å². The van der Waals surface area contributed by atoms with Crippen LogP contribution in [-0.2, 0) is 25.7 Å². The molecular formula is C25H24ClF2N3O5.